The lowest BCUT2D eigenvalue weighted by atomic mass is 9.63. The van der Waals surface area contributed by atoms with Gasteiger partial charge in [0.15, 0.2) is 23.1 Å². The highest BCUT2D eigenvalue weighted by Gasteiger charge is 2.49. The van der Waals surface area contributed by atoms with Crippen LogP contribution in [0.15, 0.2) is 100 Å². The Morgan fingerprint density at radius 1 is 0.771 bits per heavy atom. The van der Waals surface area contributed by atoms with Crippen LogP contribution in [0.3, 0.4) is 0 Å². The smallest absolute Gasteiger partial charge is 0.339 e. The number of hydrogen-bond donors (Lipinski definition) is 0. The van der Waals surface area contributed by atoms with Crippen LogP contribution in [-0.4, -0.2) is 38.0 Å². The van der Waals surface area contributed by atoms with E-state index in [1.54, 1.807) is 30.3 Å². The van der Waals surface area contributed by atoms with Crippen molar-refractivity contribution < 1.29 is 26.9 Å². The maximum Gasteiger partial charge on any atom is 0.339 e. The predicted molar refractivity (Wildman–Crippen MR) is 186 cm³/mol. The number of Topliss-reactive ketones (excluding diaryl/α,β-unsaturated/α-hetero) is 2. The first kappa shape index (κ1) is 33.7. The maximum atomic E-state index is 14.2. The lowest BCUT2D eigenvalue weighted by Gasteiger charge is -2.49. The quantitative estimate of drug-likeness (QED) is 0.213. The van der Waals surface area contributed by atoms with Gasteiger partial charge in [-0.05, 0) is 79.3 Å². The maximum absolute atomic E-state index is 14.2. The van der Waals surface area contributed by atoms with Gasteiger partial charge in [-0.15, -0.1) is 0 Å². The minimum Gasteiger partial charge on any atom is -0.490 e. The normalized spacial score (nSPS) is 19.2. The molecule has 6 rings (SSSR count). The zero-order chi connectivity index (χ0) is 34.4. The summed E-state index contributed by atoms with van der Waals surface area (Å²) in [5.74, 6) is -0.205. The van der Waals surface area contributed by atoms with Crippen molar-refractivity contribution in [1.82, 2.24) is 4.90 Å². The Labute approximate surface area is 284 Å². The molecule has 0 saturated heterocycles. The monoisotopic (exact) mass is 667 g/mol. The summed E-state index contributed by atoms with van der Waals surface area (Å²) in [7, 11) is -4.14. The number of carbonyl (C=O) groups excluding carboxylic acids is 2. The first-order valence-electron chi connectivity index (χ1n) is 16.8. The fourth-order valence-electron chi connectivity index (χ4n) is 7.45. The molecule has 3 aliphatic rings. The molecule has 3 aromatic rings. The van der Waals surface area contributed by atoms with E-state index < -0.39 is 16.0 Å². The van der Waals surface area contributed by atoms with Crippen molar-refractivity contribution in [3.63, 3.8) is 0 Å². The summed E-state index contributed by atoms with van der Waals surface area (Å²) < 4.78 is 38.1. The van der Waals surface area contributed by atoms with Crippen LogP contribution in [0.2, 0.25) is 0 Å². The molecule has 0 N–H and O–H groups in total. The Balaban J connectivity index is 1.48. The second-order valence-electron chi connectivity index (χ2n) is 14.9. The van der Waals surface area contributed by atoms with Crippen molar-refractivity contribution in [2.45, 2.75) is 84.5 Å². The summed E-state index contributed by atoms with van der Waals surface area (Å²) in [5, 5.41) is 0. The van der Waals surface area contributed by atoms with Crippen LogP contribution >= 0.6 is 0 Å². The van der Waals surface area contributed by atoms with Gasteiger partial charge in [-0.1, -0.05) is 81.8 Å². The highest BCUT2D eigenvalue weighted by molar-refractivity contribution is 7.87. The Hall–Kier alpha value is -4.17. The summed E-state index contributed by atoms with van der Waals surface area (Å²) in [6, 6.07) is 21.9. The standard InChI is InChI=1S/C40H45NO6S/c1-7-46-35-21-28(15-18-34(35)47-48(44,45)29-16-13-26(2)14-17-29)36-37-30(22-39(3,4)24-32(37)42)41(20-19-27-11-9-8-10-12-27)31-23-40(5,6)25-33(43)38(31)36/h8-18,21,36H,7,19-20,22-25H2,1-6H3. The Kier molecular flexibility index (Phi) is 8.92. The van der Waals surface area contributed by atoms with Gasteiger partial charge in [0, 0.05) is 47.8 Å². The summed E-state index contributed by atoms with van der Waals surface area (Å²) in [6.07, 6.45) is 2.95. The van der Waals surface area contributed by atoms with E-state index in [4.69, 9.17) is 8.92 Å². The third-order valence-electron chi connectivity index (χ3n) is 9.60. The van der Waals surface area contributed by atoms with E-state index >= 15 is 0 Å². The van der Waals surface area contributed by atoms with E-state index in [1.807, 2.05) is 32.0 Å². The first-order chi connectivity index (χ1) is 22.7. The molecule has 48 heavy (non-hydrogen) atoms. The van der Waals surface area contributed by atoms with Crippen LogP contribution in [0.4, 0.5) is 0 Å². The predicted octanol–water partition coefficient (Wildman–Crippen LogP) is 8.09. The van der Waals surface area contributed by atoms with Gasteiger partial charge in [0.05, 0.1) is 6.61 Å². The molecule has 0 saturated carbocycles. The molecule has 3 aromatic carbocycles. The molecular weight excluding hydrogens is 623 g/mol. The molecule has 0 spiro atoms. The molecular formula is C40H45NO6S. The third kappa shape index (κ3) is 6.73. The van der Waals surface area contributed by atoms with Crippen LogP contribution in [0.1, 0.15) is 82.9 Å². The number of ether oxygens (including phenoxy) is 1. The molecule has 1 aliphatic heterocycles. The van der Waals surface area contributed by atoms with Crippen LogP contribution in [0.5, 0.6) is 11.5 Å². The van der Waals surface area contributed by atoms with Crippen molar-refractivity contribution in [3.8, 4) is 11.5 Å². The van der Waals surface area contributed by atoms with Gasteiger partial charge in [0.2, 0.25) is 0 Å². The van der Waals surface area contributed by atoms with Gasteiger partial charge < -0.3 is 13.8 Å². The molecule has 0 fully saturated rings. The summed E-state index contributed by atoms with van der Waals surface area (Å²) in [6.45, 7) is 13.2. The van der Waals surface area contributed by atoms with E-state index in [9.17, 15) is 18.0 Å². The van der Waals surface area contributed by atoms with Crippen LogP contribution in [0.25, 0.3) is 0 Å². The van der Waals surface area contributed by atoms with Crippen LogP contribution in [0, 0.1) is 17.8 Å². The molecule has 252 valence electrons. The first-order valence-corrected chi connectivity index (χ1v) is 18.2. The fraction of sp³-hybridized carbons (Fsp3) is 0.400. The molecule has 0 aromatic heterocycles. The van der Waals surface area contributed by atoms with Crippen molar-refractivity contribution in [2.75, 3.05) is 13.2 Å². The third-order valence-corrected chi connectivity index (χ3v) is 10.8. The van der Waals surface area contributed by atoms with E-state index in [0.717, 1.165) is 23.4 Å². The molecule has 0 bridgehead atoms. The summed E-state index contributed by atoms with van der Waals surface area (Å²) in [5.41, 5.74) is 5.67. The number of ketones is 2. The number of carbonyl (C=O) groups is 2. The molecule has 2 aliphatic carbocycles. The SMILES string of the molecule is CCOc1cc(C2C3=C(CC(C)(C)CC3=O)N(CCc3ccccc3)C3=C2C(=O)CC(C)(C)C3)ccc1OS(=O)(=O)c1ccc(C)cc1. The summed E-state index contributed by atoms with van der Waals surface area (Å²) >= 11 is 0. The van der Waals surface area contributed by atoms with Crippen LogP contribution < -0.4 is 8.92 Å². The minimum atomic E-state index is -4.14. The molecule has 0 atom stereocenters. The lowest BCUT2D eigenvalue weighted by Crippen LogP contribution is -2.45. The van der Waals surface area contributed by atoms with Gasteiger partial charge in [0.1, 0.15) is 4.90 Å². The van der Waals surface area contributed by atoms with E-state index in [-0.39, 0.29) is 45.4 Å². The number of aryl methyl sites for hydroxylation is 1. The van der Waals surface area contributed by atoms with Gasteiger partial charge in [-0.3, -0.25) is 9.59 Å². The highest BCUT2D eigenvalue weighted by atomic mass is 32.2. The molecule has 1 heterocycles. The Morgan fingerprint density at radius 3 is 1.92 bits per heavy atom. The topological polar surface area (TPSA) is 90.0 Å². The zero-order valence-electron chi connectivity index (χ0n) is 28.8. The largest absolute Gasteiger partial charge is 0.490 e. The van der Waals surface area contributed by atoms with Gasteiger partial charge in [-0.2, -0.15) is 8.42 Å². The highest BCUT2D eigenvalue weighted by Crippen LogP contribution is 2.55. The zero-order valence-corrected chi connectivity index (χ0v) is 29.6. The van der Waals surface area contributed by atoms with Crippen molar-refractivity contribution in [1.29, 1.82) is 0 Å². The Morgan fingerprint density at radius 2 is 1.35 bits per heavy atom. The van der Waals surface area contributed by atoms with E-state index in [0.29, 0.717) is 48.9 Å². The molecule has 0 amide bonds. The average molecular weight is 668 g/mol. The van der Waals surface area contributed by atoms with Gasteiger partial charge in [-0.25, -0.2) is 0 Å². The number of allylic oxidation sites excluding steroid dienone is 4. The average Bonchev–Trinajstić information content (AvgIpc) is 3.00. The van der Waals surface area contributed by atoms with Gasteiger partial charge >= 0.3 is 10.1 Å². The van der Waals surface area contributed by atoms with E-state index in [1.165, 1.54) is 17.7 Å². The van der Waals surface area contributed by atoms with Crippen molar-refractivity contribution >= 4 is 21.7 Å². The van der Waals surface area contributed by atoms with Gasteiger partial charge in [0.25, 0.3) is 0 Å². The van der Waals surface area contributed by atoms with Crippen LogP contribution in [-0.2, 0) is 26.1 Å². The Bertz CT molecular complexity index is 1870. The number of hydrogen-bond acceptors (Lipinski definition) is 7. The lowest BCUT2D eigenvalue weighted by molar-refractivity contribution is -0.119. The fourth-order valence-corrected chi connectivity index (χ4v) is 8.39. The molecule has 0 radical (unpaired) electrons. The van der Waals surface area contributed by atoms with Crippen molar-refractivity contribution in [3.05, 3.63) is 112 Å². The molecule has 8 heteroatoms. The minimum absolute atomic E-state index is 0.0397. The van der Waals surface area contributed by atoms with Crippen molar-refractivity contribution in [2.24, 2.45) is 10.8 Å². The van der Waals surface area contributed by atoms with E-state index in [2.05, 4.69) is 44.7 Å². The number of benzene rings is 3. The molecule has 7 nitrogen and oxygen atoms in total. The second kappa shape index (κ2) is 12.7. The second-order valence-corrected chi connectivity index (χ2v) is 16.5. The molecule has 0 unspecified atom stereocenters. The number of nitrogens with zero attached hydrogens (tertiary/aromatic N) is 1. The number of rotatable bonds is 9. The summed E-state index contributed by atoms with van der Waals surface area (Å²) in [4.78, 5) is 30.8.